The number of aromatic nitrogens is 2. The zero-order valence-corrected chi connectivity index (χ0v) is 19.4. The summed E-state index contributed by atoms with van der Waals surface area (Å²) in [6.45, 7) is 6.23. The lowest BCUT2D eigenvalue weighted by molar-refractivity contribution is 0.221. The van der Waals surface area contributed by atoms with Crippen LogP contribution in [-0.2, 0) is 6.54 Å². The number of nitrogens with one attached hydrogen (secondary N) is 1. The summed E-state index contributed by atoms with van der Waals surface area (Å²) in [4.78, 5) is 11.8. The minimum absolute atomic E-state index is 0.289. The molecule has 7 heteroatoms. The van der Waals surface area contributed by atoms with E-state index in [-0.39, 0.29) is 5.92 Å². The van der Waals surface area contributed by atoms with Gasteiger partial charge < -0.3 is 5.32 Å². The molecule has 1 saturated heterocycles. The van der Waals surface area contributed by atoms with E-state index in [4.69, 9.17) is 16.6 Å². The predicted octanol–water partition coefficient (Wildman–Crippen LogP) is 5.34. The van der Waals surface area contributed by atoms with Gasteiger partial charge in [0, 0.05) is 49.5 Å². The maximum atomic E-state index is 6.45. The van der Waals surface area contributed by atoms with E-state index in [0.717, 1.165) is 35.2 Å². The second-order valence-electron chi connectivity index (χ2n) is 9.01. The summed E-state index contributed by atoms with van der Waals surface area (Å²) in [6, 6.07) is 10.7. The molecule has 0 aliphatic carbocycles. The Morgan fingerprint density at radius 1 is 1.09 bits per heavy atom. The fraction of sp³-hybridized carbons (Fsp3) is 0.400. The van der Waals surface area contributed by atoms with Gasteiger partial charge in [-0.05, 0) is 73.8 Å². The van der Waals surface area contributed by atoms with Crippen LogP contribution in [0.1, 0.15) is 41.9 Å². The number of aryl methyl sites for hydroxylation is 1. The summed E-state index contributed by atoms with van der Waals surface area (Å²) < 4.78 is 0. The zero-order chi connectivity index (χ0) is 22.1. The van der Waals surface area contributed by atoms with E-state index in [9.17, 15) is 0 Å². The van der Waals surface area contributed by atoms with Crippen LogP contribution in [0, 0.1) is 6.92 Å². The van der Waals surface area contributed by atoms with E-state index in [2.05, 4.69) is 44.6 Å². The van der Waals surface area contributed by atoms with Crippen molar-refractivity contribution in [1.29, 1.82) is 0 Å². The number of likely N-dealkylation sites (N-methyl/N-ethyl adjacent to an activating group) is 1. The number of piperidine rings is 1. The molecule has 1 aromatic heterocycles. The zero-order valence-electron chi connectivity index (χ0n) is 18.7. The number of benzene rings is 2. The van der Waals surface area contributed by atoms with Crippen molar-refractivity contribution >= 4 is 40.4 Å². The second-order valence-corrected chi connectivity index (χ2v) is 9.42. The highest BCUT2D eigenvalue weighted by Crippen LogP contribution is 2.28. The lowest BCUT2D eigenvalue weighted by Gasteiger charge is -2.27. The lowest BCUT2D eigenvalue weighted by Crippen LogP contribution is -2.29. The average Bonchev–Trinajstić information content (AvgIpc) is 3.21. The number of nitrogens with zero attached hydrogens (tertiary/aromatic N) is 5. The van der Waals surface area contributed by atoms with Gasteiger partial charge in [-0.1, -0.05) is 24.1 Å². The Kier molecular flexibility index (Phi) is 5.98. The lowest BCUT2D eigenvalue weighted by atomic mass is 9.97. The van der Waals surface area contributed by atoms with E-state index in [1.807, 2.05) is 37.5 Å². The molecule has 1 fully saturated rings. The summed E-state index contributed by atoms with van der Waals surface area (Å²) in [7, 11) is 2.02. The highest BCUT2D eigenvalue weighted by molar-refractivity contribution is 6.35. The van der Waals surface area contributed by atoms with E-state index in [0.29, 0.717) is 11.0 Å². The Morgan fingerprint density at radius 2 is 1.94 bits per heavy atom. The van der Waals surface area contributed by atoms with Crippen LogP contribution < -0.4 is 5.32 Å². The van der Waals surface area contributed by atoms with Gasteiger partial charge in [0.2, 0.25) is 5.95 Å². The number of hydrogen-bond donors (Lipinski definition) is 1. The van der Waals surface area contributed by atoms with Crippen molar-refractivity contribution in [2.75, 3.05) is 32.0 Å². The fourth-order valence-electron chi connectivity index (χ4n) is 4.67. The molecule has 2 aromatic carbocycles. The smallest absolute Gasteiger partial charge is 0.227 e. The topological polar surface area (TPSA) is 56.7 Å². The molecule has 5 rings (SSSR count). The van der Waals surface area contributed by atoms with Crippen LogP contribution in [0.5, 0.6) is 0 Å². The SMILES string of the molecule is Cc1cc(Cl)c2nc(Nc3cc(CN4CCCCC4)cc(C4C=NN(C)C4)c3)ncc2c1. The summed E-state index contributed by atoms with van der Waals surface area (Å²) in [5, 5.41) is 11.5. The van der Waals surface area contributed by atoms with Crippen molar-refractivity contribution in [2.24, 2.45) is 5.10 Å². The van der Waals surface area contributed by atoms with Gasteiger partial charge in [0.1, 0.15) is 0 Å². The average molecular weight is 449 g/mol. The van der Waals surface area contributed by atoms with E-state index < -0.39 is 0 Å². The van der Waals surface area contributed by atoms with Crippen molar-refractivity contribution in [1.82, 2.24) is 19.9 Å². The van der Waals surface area contributed by atoms with Crippen molar-refractivity contribution < 1.29 is 0 Å². The molecule has 1 unspecified atom stereocenters. The molecule has 1 N–H and O–H groups in total. The molecule has 3 heterocycles. The molecule has 2 aliphatic heterocycles. The third-order valence-corrected chi connectivity index (χ3v) is 6.53. The fourth-order valence-corrected chi connectivity index (χ4v) is 4.99. The third kappa shape index (κ3) is 4.71. The quantitative estimate of drug-likeness (QED) is 0.571. The Hall–Kier alpha value is -2.70. The van der Waals surface area contributed by atoms with Crippen LogP contribution >= 0.6 is 11.6 Å². The summed E-state index contributed by atoms with van der Waals surface area (Å²) in [6.07, 6.45) is 7.79. The Bertz CT molecular complexity index is 1150. The van der Waals surface area contributed by atoms with Crippen molar-refractivity contribution in [3.05, 3.63) is 58.2 Å². The van der Waals surface area contributed by atoms with Crippen molar-refractivity contribution in [3.63, 3.8) is 0 Å². The number of anilines is 2. The van der Waals surface area contributed by atoms with Gasteiger partial charge in [-0.3, -0.25) is 9.91 Å². The molecule has 0 spiro atoms. The first kappa shape index (κ1) is 21.2. The molecule has 0 amide bonds. The largest absolute Gasteiger partial charge is 0.324 e. The minimum Gasteiger partial charge on any atom is -0.324 e. The number of likely N-dealkylation sites (tertiary alicyclic amines) is 1. The van der Waals surface area contributed by atoms with Gasteiger partial charge in [0.15, 0.2) is 0 Å². The summed E-state index contributed by atoms with van der Waals surface area (Å²) >= 11 is 6.45. The maximum absolute atomic E-state index is 6.45. The molecule has 0 saturated carbocycles. The van der Waals surface area contributed by atoms with Crippen LogP contribution in [0.3, 0.4) is 0 Å². The number of hydrogen-bond acceptors (Lipinski definition) is 6. The standard InChI is InChI=1S/C25H29ClN6/c1-17-8-20-13-27-25(30-24(20)23(26)9-17)29-22-11-18(15-32-6-4-3-5-7-32)10-19(12-22)21-14-28-31(2)16-21/h8-14,21H,3-7,15-16H2,1-2H3,(H,27,29,30). The van der Waals surface area contributed by atoms with Crippen LogP contribution in [0.25, 0.3) is 10.9 Å². The van der Waals surface area contributed by atoms with Crippen LogP contribution in [0.15, 0.2) is 41.6 Å². The second kappa shape index (κ2) is 9.04. The van der Waals surface area contributed by atoms with Crippen molar-refractivity contribution in [3.8, 4) is 0 Å². The van der Waals surface area contributed by atoms with Gasteiger partial charge in [0.05, 0.1) is 10.5 Å². The van der Waals surface area contributed by atoms with Gasteiger partial charge in [0.25, 0.3) is 0 Å². The Morgan fingerprint density at radius 3 is 2.72 bits per heavy atom. The molecule has 2 aliphatic rings. The molecule has 1 atom stereocenters. The van der Waals surface area contributed by atoms with Crippen molar-refractivity contribution in [2.45, 2.75) is 38.6 Å². The number of hydrazone groups is 1. The highest BCUT2D eigenvalue weighted by atomic mass is 35.5. The number of rotatable bonds is 5. The van der Waals surface area contributed by atoms with Gasteiger partial charge in [-0.15, -0.1) is 0 Å². The molecule has 0 radical (unpaired) electrons. The Balaban J connectivity index is 1.45. The molecular weight excluding hydrogens is 420 g/mol. The third-order valence-electron chi connectivity index (χ3n) is 6.24. The van der Waals surface area contributed by atoms with E-state index >= 15 is 0 Å². The first-order chi connectivity index (χ1) is 15.5. The van der Waals surface area contributed by atoms with E-state index in [1.165, 1.54) is 43.5 Å². The molecule has 3 aromatic rings. The first-order valence-corrected chi connectivity index (χ1v) is 11.7. The van der Waals surface area contributed by atoms with Gasteiger partial charge in [-0.25, -0.2) is 9.97 Å². The monoisotopic (exact) mass is 448 g/mol. The predicted molar refractivity (Wildman–Crippen MR) is 132 cm³/mol. The summed E-state index contributed by atoms with van der Waals surface area (Å²) in [5.74, 6) is 0.846. The number of fused-ring (bicyclic) bond motifs is 1. The molecule has 6 nitrogen and oxygen atoms in total. The highest BCUT2D eigenvalue weighted by Gasteiger charge is 2.19. The van der Waals surface area contributed by atoms with Gasteiger partial charge in [-0.2, -0.15) is 5.10 Å². The molecular formula is C25H29ClN6. The van der Waals surface area contributed by atoms with Gasteiger partial charge >= 0.3 is 0 Å². The summed E-state index contributed by atoms with van der Waals surface area (Å²) in [5.41, 5.74) is 5.45. The maximum Gasteiger partial charge on any atom is 0.227 e. The number of halogens is 1. The Labute approximate surface area is 194 Å². The molecule has 0 bridgehead atoms. The van der Waals surface area contributed by atoms with Crippen LogP contribution in [0.2, 0.25) is 5.02 Å². The van der Waals surface area contributed by atoms with Crippen LogP contribution in [0.4, 0.5) is 11.6 Å². The molecule has 166 valence electrons. The normalized spacial score (nSPS) is 19.1. The molecule has 32 heavy (non-hydrogen) atoms. The van der Waals surface area contributed by atoms with E-state index in [1.54, 1.807) is 0 Å². The van der Waals surface area contributed by atoms with Crippen LogP contribution in [-0.4, -0.2) is 52.8 Å². The first-order valence-electron chi connectivity index (χ1n) is 11.3. The minimum atomic E-state index is 0.289.